The Morgan fingerprint density at radius 1 is 1.29 bits per heavy atom. The molecule has 21 heavy (non-hydrogen) atoms. The molecule has 1 fully saturated rings. The Labute approximate surface area is 125 Å². The largest absolute Gasteiger partial charge is 0.504 e. The highest BCUT2D eigenvalue weighted by Gasteiger charge is 2.60. The summed E-state index contributed by atoms with van der Waals surface area (Å²) in [6.45, 7) is 8.22. The molecule has 1 aliphatic rings. The first kappa shape index (κ1) is 15.6. The van der Waals surface area contributed by atoms with Crippen LogP contribution in [0, 0.1) is 10.8 Å². The van der Waals surface area contributed by atoms with Gasteiger partial charge in [0.05, 0.1) is 7.11 Å². The number of rotatable bonds is 3. The number of amides is 1. The van der Waals surface area contributed by atoms with Gasteiger partial charge in [0, 0.05) is 28.5 Å². The second-order valence-corrected chi connectivity index (χ2v) is 6.91. The molecule has 1 aliphatic carbocycles. The fourth-order valence-electron chi connectivity index (χ4n) is 3.60. The molecule has 1 aromatic carbocycles. The van der Waals surface area contributed by atoms with Crippen LogP contribution in [0.2, 0.25) is 0 Å². The SMILES string of the molecule is COc1ccc(C(=O)NC2C(C)(C)C(N)C2(C)C)cc1O. The fourth-order valence-corrected chi connectivity index (χ4v) is 3.60. The van der Waals surface area contributed by atoms with Crippen molar-refractivity contribution in [3.05, 3.63) is 23.8 Å². The van der Waals surface area contributed by atoms with Crippen molar-refractivity contribution in [1.29, 1.82) is 0 Å². The molecule has 0 bridgehead atoms. The van der Waals surface area contributed by atoms with Crippen molar-refractivity contribution < 1.29 is 14.6 Å². The highest BCUT2D eigenvalue weighted by molar-refractivity contribution is 5.95. The van der Waals surface area contributed by atoms with Crippen molar-refractivity contribution >= 4 is 5.91 Å². The fraction of sp³-hybridized carbons (Fsp3) is 0.562. The third kappa shape index (κ3) is 2.35. The van der Waals surface area contributed by atoms with Gasteiger partial charge in [-0.2, -0.15) is 0 Å². The van der Waals surface area contributed by atoms with E-state index < -0.39 is 0 Å². The summed E-state index contributed by atoms with van der Waals surface area (Å²) in [6.07, 6.45) is 0. The summed E-state index contributed by atoms with van der Waals surface area (Å²) in [7, 11) is 1.47. The summed E-state index contributed by atoms with van der Waals surface area (Å²) in [5.41, 5.74) is 6.28. The van der Waals surface area contributed by atoms with Crippen LogP contribution in [0.15, 0.2) is 18.2 Å². The molecule has 0 heterocycles. The summed E-state index contributed by atoms with van der Waals surface area (Å²) < 4.78 is 4.98. The second kappa shape index (κ2) is 4.91. The van der Waals surface area contributed by atoms with E-state index in [-0.39, 0.29) is 34.6 Å². The maximum absolute atomic E-state index is 12.4. The molecule has 2 rings (SSSR count). The van der Waals surface area contributed by atoms with Crippen LogP contribution in [0.3, 0.4) is 0 Å². The van der Waals surface area contributed by atoms with E-state index in [9.17, 15) is 9.90 Å². The zero-order chi connectivity index (χ0) is 16.0. The van der Waals surface area contributed by atoms with Crippen LogP contribution in [-0.2, 0) is 0 Å². The molecule has 5 heteroatoms. The van der Waals surface area contributed by atoms with Crippen LogP contribution in [0.4, 0.5) is 0 Å². The first-order valence-corrected chi connectivity index (χ1v) is 7.05. The molecule has 0 radical (unpaired) electrons. The topological polar surface area (TPSA) is 84.6 Å². The number of hydrogen-bond acceptors (Lipinski definition) is 4. The molecule has 0 aromatic heterocycles. The minimum absolute atomic E-state index is 0.0169. The molecule has 0 atom stereocenters. The third-order valence-electron chi connectivity index (χ3n) is 4.81. The number of aromatic hydroxyl groups is 1. The van der Waals surface area contributed by atoms with Crippen molar-refractivity contribution in [3.8, 4) is 11.5 Å². The van der Waals surface area contributed by atoms with E-state index in [1.165, 1.54) is 13.2 Å². The molecular weight excluding hydrogens is 268 g/mol. The summed E-state index contributed by atoms with van der Waals surface area (Å²) in [5.74, 6) is 0.0814. The Morgan fingerprint density at radius 2 is 1.86 bits per heavy atom. The highest BCUT2D eigenvalue weighted by Crippen LogP contribution is 2.52. The van der Waals surface area contributed by atoms with Crippen LogP contribution in [0.25, 0.3) is 0 Å². The molecule has 116 valence electrons. The zero-order valence-electron chi connectivity index (χ0n) is 13.2. The maximum atomic E-state index is 12.4. The lowest BCUT2D eigenvalue weighted by Gasteiger charge is -2.62. The molecule has 1 aromatic rings. The molecule has 4 N–H and O–H groups in total. The van der Waals surface area contributed by atoms with Crippen LogP contribution in [0.1, 0.15) is 38.1 Å². The predicted octanol–water partition coefficient (Wildman–Crippen LogP) is 1.89. The normalized spacial score (nSPS) is 25.8. The summed E-state index contributed by atoms with van der Waals surface area (Å²) >= 11 is 0. The number of nitrogens with one attached hydrogen (secondary N) is 1. The molecule has 0 aliphatic heterocycles. The molecule has 0 saturated heterocycles. The number of ether oxygens (including phenoxy) is 1. The van der Waals surface area contributed by atoms with Crippen molar-refractivity contribution in [2.45, 2.75) is 39.8 Å². The molecule has 0 spiro atoms. The smallest absolute Gasteiger partial charge is 0.251 e. The lowest BCUT2D eigenvalue weighted by Crippen LogP contribution is -2.76. The Morgan fingerprint density at radius 3 is 2.33 bits per heavy atom. The highest BCUT2D eigenvalue weighted by atomic mass is 16.5. The number of carbonyl (C=O) groups excluding carboxylic acids is 1. The number of phenolic OH excluding ortho intramolecular Hbond substituents is 1. The van der Waals surface area contributed by atoms with Crippen molar-refractivity contribution in [3.63, 3.8) is 0 Å². The Balaban J connectivity index is 2.17. The zero-order valence-corrected chi connectivity index (χ0v) is 13.2. The van der Waals surface area contributed by atoms with Gasteiger partial charge in [-0.3, -0.25) is 4.79 Å². The Kier molecular flexibility index (Phi) is 3.66. The first-order valence-electron chi connectivity index (χ1n) is 7.05. The number of phenols is 1. The van der Waals surface area contributed by atoms with Crippen molar-refractivity contribution in [2.24, 2.45) is 16.6 Å². The lowest BCUT2D eigenvalue weighted by atomic mass is 9.48. The van der Waals surface area contributed by atoms with Crippen LogP contribution in [-0.4, -0.2) is 30.2 Å². The second-order valence-electron chi connectivity index (χ2n) is 6.91. The number of hydrogen-bond donors (Lipinski definition) is 3. The molecule has 1 amide bonds. The van der Waals surface area contributed by atoms with Gasteiger partial charge in [-0.25, -0.2) is 0 Å². The number of benzene rings is 1. The summed E-state index contributed by atoms with van der Waals surface area (Å²) in [5, 5.41) is 12.8. The number of carbonyl (C=O) groups is 1. The Bertz CT molecular complexity index is 551. The van der Waals surface area contributed by atoms with E-state index in [0.717, 1.165) is 0 Å². The van der Waals surface area contributed by atoms with Gasteiger partial charge in [-0.15, -0.1) is 0 Å². The summed E-state index contributed by atoms with van der Waals surface area (Å²) in [6, 6.07) is 4.63. The van der Waals surface area contributed by atoms with Crippen LogP contribution >= 0.6 is 0 Å². The maximum Gasteiger partial charge on any atom is 0.251 e. The van der Waals surface area contributed by atoms with E-state index in [1.807, 2.05) is 0 Å². The van der Waals surface area contributed by atoms with Gasteiger partial charge in [0.15, 0.2) is 11.5 Å². The molecule has 1 saturated carbocycles. The van der Waals surface area contributed by atoms with E-state index in [0.29, 0.717) is 11.3 Å². The molecule has 5 nitrogen and oxygen atoms in total. The average molecular weight is 292 g/mol. The van der Waals surface area contributed by atoms with Crippen molar-refractivity contribution in [2.75, 3.05) is 7.11 Å². The van der Waals surface area contributed by atoms with Crippen LogP contribution in [0.5, 0.6) is 11.5 Å². The summed E-state index contributed by atoms with van der Waals surface area (Å²) in [4.78, 5) is 12.4. The van der Waals surface area contributed by atoms with Crippen molar-refractivity contribution in [1.82, 2.24) is 5.32 Å². The third-order valence-corrected chi connectivity index (χ3v) is 4.81. The van der Waals surface area contributed by atoms with Gasteiger partial charge >= 0.3 is 0 Å². The van der Waals surface area contributed by atoms with E-state index in [4.69, 9.17) is 10.5 Å². The van der Waals surface area contributed by atoms with Gasteiger partial charge in [0.1, 0.15) is 0 Å². The quantitative estimate of drug-likeness (QED) is 0.794. The standard InChI is InChI=1S/C16H24N2O3/c1-15(2)13(17)16(3,4)14(15)18-12(20)9-6-7-11(21-5)10(19)8-9/h6-8,13-14,19H,17H2,1-5H3,(H,18,20). The lowest BCUT2D eigenvalue weighted by molar-refractivity contribution is -0.0663. The average Bonchev–Trinajstić information content (AvgIpc) is 2.43. The number of methoxy groups -OCH3 is 1. The van der Waals surface area contributed by atoms with E-state index in [2.05, 4.69) is 33.0 Å². The minimum atomic E-state index is -0.217. The number of nitrogens with two attached hydrogens (primary N) is 1. The van der Waals surface area contributed by atoms with Crippen LogP contribution < -0.4 is 15.8 Å². The Hall–Kier alpha value is -1.75. The van der Waals surface area contributed by atoms with Gasteiger partial charge in [-0.05, 0) is 18.2 Å². The van der Waals surface area contributed by atoms with E-state index >= 15 is 0 Å². The minimum Gasteiger partial charge on any atom is -0.504 e. The molecule has 0 unspecified atom stereocenters. The van der Waals surface area contributed by atoms with E-state index in [1.54, 1.807) is 12.1 Å². The molecular formula is C16H24N2O3. The van der Waals surface area contributed by atoms with Gasteiger partial charge in [-0.1, -0.05) is 27.7 Å². The van der Waals surface area contributed by atoms with Gasteiger partial charge in [0.25, 0.3) is 5.91 Å². The van der Waals surface area contributed by atoms with Gasteiger partial charge in [0.2, 0.25) is 0 Å². The first-order chi connectivity index (χ1) is 9.62. The predicted molar refractivity (Wildman–Crippen MR) is 81.5 cm³/mol. The van der Waals surface area contributed by atoms with Gasteiger partial charge < -0.3 is 20.9 Å². The monoisotopic (exact) mass is 292 g/mol.